The van der Waals surface area contributed by atoms with Crippen molar-refractivity contribution in [2.24, 2.45) is 0 Å². The van der Waals surface area contributed by atoms with Crippen molar-refractivity contribution in [3.63, 3.8) is 0 Å². The third-order valence-corrected chi connectivity index (χ3v) is 5.64. The van der Waals surface area contributed by atoms with Crippen LogP contribution >= 0.6 is 23.4 Å². The van der Waals surface area contributed by atoms with Crippen molar-refractivity contribution in [2.75, 3.05) is 6.26 Å². The Morgan fingerprint density at radius 3 is 2.48 bits per heavy atom. The fourth-order valence-electron chi connectivity index (χ4n) is 3.33. The molecule has 3 aromatic carbocycles. The molecule has 0 radical (unpaired) electrons. The molecule has 3 nitrogen and oxygen atoms in total. The highest BCUT2D eigenvalue weighted by atomic mass is 35.5. The zero-order valence-electron chi connectivity index (χ0n) is 16.3. The Labute approximate surface area is 184 Å². The van der Waals surface area contributed by atoms with Crippen LogP contribution in [0.4, 0.5) is 17.6 Å². The summed E-state index contributed by atoms with van der Waals surface area (Å²) in [6.07, 6.45) is -2.70. The summed E-state index contributed by atoms with van der Waals surface area (Å²) < 4.78 is 61.1. The molecule has 0 aliphatic rings. The molecule has 0 aliphatic carbocycles. The van der Waals surface area contributed by atoms with Gasteiger partial charge in [-0.3, -0.25) is 4.57 Å². The van der Waals surface area contributed by atoms with Gasteiger partial charge in [0.15, 0.2) is 0 Å². The van der Waals surface area contributed by atoms with Crippen LogP contribution in [-0.2, 0) is 6.18 Å². The van der Waals surface area contributed by atoms with Gasteiger partial charge in [-0.1, -0.05) is 17.7 Å². The molecule has 0 bridgehead atoms. The molecule has 4 aromatic rings. The largest absolute Gasteiger partial charge is 0.457 e. The Kier molecular flexibility index (Phi) is 5.61. The number of ether oxygens (including phenoxy) is 1. The monoisotopic (exact) mass is 466 g/mol. The van der Waals surface area contributed by atoms with Gasteiger partial charge in [-0.15, -0.1) is 11.8 Å². The minimum Gasteiger partial charge on any atom is -0.457 e. The normalized spacial score (nSPS) is 11.8. The maximum absolute atomic E-state index is 13.7. The number of fused-ring (bicyclic) bond motifs is 1. The number of para-hydroxylation sites is 1. The first-order valence-electron chi connectivity index (χ1n) is 9.05. The van der Waals surface area contributed by atoms with Crippen LogP contribution < -0.4 is 4.74 Å². The van der Waals surface area contributed by atoms with E-state index in [2.05, 4.69) is 4.98 Å². The molecule has 0 amide bonds. The van der Waals surface area contributed by atoms with Crippen LogP contribution in [0.25, 0.3) is 16.7 Å². The molecule has 160 valence electrons. The van der Waals surface area contributed by atoms with Gasteiger partial charge in [0.1, 0.15) is 28.7 Å². The summed E-state index contributed by atoms with van der Waals surface area (Å²) in [7, 11) is 0. The summed E-state index contributed by atoms with van der Waals surface area (Å²) in [6, 6.07) is 13.0. The molecular formula is C22H15ClF4N2OS. The van der Waals surface area contributed by atoms with Crippen LogP contribution in [0, 0.1) is 12.7 Å². The van der Waals surface area contributed by atoms with E-state index in [1.54, 1.807) is 35.8 Å². The second-order valence-corrected chi connectivity index (χ2v) is 7.99. The van der Waals surface area contributed by atoms with E-state index in [1.807, 2.05) is 6.26 Å². The second kappa shape index (κ2) is 8.09. The summed E-state index contributed by atoms with van der Waals surface area (Å²) in [5, 5.41) is 0.249. The molecule has 0 aliphatic heterocycles. The number of alkyl halides is 3. The van der Waals surface area contributed by atoms with Crippen LogP contribution in [0.15, 0.2) is 59.5 Å². The van der Waals surface area contributed by atoms with Crippen molar-refractivity contribution in [3.05, 3.63) is 76.8 Å². The van der Waals surface area contributed by atoms with Gasteiger partial charge in [0.2, 0.25) is 0 Å². The molecule has 31 heavy (non-hydrogen) atoms. The van der Waals surface area contributed by atoms with E-state index in [9.17, 15) is 17.6 Å². The Bertz CT molecular complexity index is 1290. The van der Waals surface area contributed by atoms with Crippen molar-refractivity contribution in [2.45, 2.75) is 18.0 Å². The molecule has 0 atom stereocenters. The van der Waals surface area contributed by atoms with Gasteiger partial charge in [0.05, 0.1) is 21.8 Å². The molecule has 1 heterocycles. The first-order chi connectivity index (χ1) is 14.7. The molecule has 0 saturated carbocycles. The smallest absolute Gasteiger partial charge is 0.418 e. The van der Waals surface area contributed by atoms with Gasteiger partial charge < -0.3 is 4.74 Å². The molecule has 0 N–H and O–H groups in total. The summed E-state index contributed by atoms with van der Waals surface area (Å²) >= 11 is 7.83. The number of thioether (sulfide) groups is 1. The van der Waals surface area contributed by atoms with Gasteiger partial charge in [-0.25, -0.2) is 9.37 Å². The molecule has 4 rings (SSSR count). The van der Waals surface area contributed by atoms with Crippen molar-refractivity contribution in [1.82, 2.24) is 9.55 Å². The minimum absolute atomic E-state index is 0.145. The third kappa shape index (κ3) is 4.22. The second-order valence-electron chi connectivity index (χ2n) is 6.71. The van der Waals surface area contributed by atoms with Crippen LogP contribution in [-0.4, -0.2) is 15.8 Å². The lowest BCUT2D eigenvalue weighted by Crippen LogP contribution is -2.05. The van der Waals surface area contributed by atoms with Crippen molar-refractivity contribution >= 4 is 34.4 Å². The number of aryl methyl sites for hydroxylation is 1. The standard InChI is InChI=1S/C22H15ClF4N2OS/c1-12-28-21-17(22(25,26)27)4-3-5-20(21)29(12)19-7-6-14(11-18(19)23)30-15-8-13(24)9-16(10-15)31-2/h3-11H,1-2H3. The number of hydrogen-bond donors (Lipinski definition) is 0. The van der Waals surface area contributed by atoms with E-state index in [0.29, 0.717) is 27.9 Å². The fraction of sp³-hybridized carbons (Fsp3) is 0.136. The van der Waals surface area contributed by atoms with E-state index < -0.39 is 17.6 Å². The molecule has 0 saturated heterocycles. The van der Waals surface area contributed by atoms with Crippen molar-refractivity contribution in [3.8, 4) is 17.2 Å². The number of halogens is 5. The van der Waals surface area contributed by atoms with Crippen molar-refractivity contribution in [1.29, 1.82) is 0 Å². The van der Waals surface area contributed by atoms with Crippen LogP contribution in [0.2, 0.25) is 5.02 Å². The number of hydrogen-bond acceptors (Lipinski definition) is 3. The third-order valence-electron chi connectivity index (χ3n) is 4.63. The lowest BCUT2D eigenvalue weighted by atomic mass is 10.1. The first kappa shape index (κ1) is 21.5. The van der Waals surface area contributed by atoms with Gasteiger partial charge in [0, 0.05) is 17.0 Å². The predicted molar refractivity (Wildman–Crippen MR) is 114 cm³/mol. The lowest BCUT2D eigenvalue weighted by molar-refractivity contribution is -0.136. The maximum Gasteiger partial charge on any atom is 0.418 e. The maximum atomic E-state index is 13.7. The summed E-state index contributed by atoms with van der Waals surface area (Å²) in [4.78, 5) is 4.83. The van der Waals surface area contributed by atoms with Crippen LogP contribution in [0.3, 0.4) is 0 Å². The van der Waals surface area contributed by atoms with Gasteiger partial charge in [0.25, 0.3) is 0 Å². The lowest BCUT2D eigenvalue weighted by Gasteiger charge is -2.13. The van der Waals surface area contributed by atoms with Gasteiger partial charge in [-0.05, 0) is 49.6 Å². The molecule has 1 aromatic heterocycles. The highest BCUT2D eigenvalue weighted by Gasteiger charge is 2.34. The molecule has 0 fully saturated rings. The summed E-state index contributed by atoms with van der Waals surface area (Å²) in [6.45, 7) is 1.61. The Morgan fingerprint density at radius 2 is 1.81 bits per heavy atom. The fourth-order valence-corrected chi connectivity index (χ4v) is 4.05. The Hall–Kier alpha value is -2.71. The zero-order chi connectivity index (χ0) is 22.3. The van der Waals surface area contributed by atoms with Gasteiger partial charge >= 0.3 is 6.18 Å². The molecule has 0 unspecified atom stereocenters. The number of imidazole rings is 1. The summed E-state index contributed by atoms with van der Waals surface area (Å²) in [5.74, 6) is 0.610. The predicted octanol–water partition coefficient (Wildman–Crippen LogP) is 7.66. The average molecular weight is 467 g/mol. The topological polar surface area (TPSA) is 27.1 Å². The van der Waals surface area contributed by atoms with E-state index in [4.69, 9.17) is 16.3 Å². The van der Waals surface area contributed by atoms with Gasteiger partial charge in [-0.2, -0.15) is 13.2 Å². The first-order valence-corrected chi connectivity index (χ1v) is 10.7. The van der Waals surface area contributed by atoms with Crippen LogP contribution in [0.5, 0.6) is 11.5 Å². The summed E-state index contributed by atoms with van der Waals surface area (Å²) in [5.41, 5.74) is -0.207. The molecule has 0 spiro atoms. The van der Waals surface area contributed by atoms with E-state index in [-0.39, 0.29) is 16.1 Å². The SMILES string of the molecule is CSc1cc(F)cc(Oc2ccc(-n3c(C)nc4c(C(F)(F)F)cccc43)c(Cl)c2)c1. The Balaban J connectivity index is 1.75. The quantitative estimate of drug-likeness (QED) is 0.228. The van der Waals surface area contributed by atoms with E-state index in [1.165, 1.54) is 36.0 Å². The number of nitrogens with zero attached hydrogens (tertiary/aromatic N) is 2. The highest BCUT2D eigenvalue weighted by molar-refractivity contribution is 7.98. The number of aromatic nitrogens is 2. The zero-order valence-corrected chi connectivity index (χ0v) is 17.9. The minimum atomic E-state index is -4.52. The Morgan fingerprint density at radius 1 is 1.03 bits per heavy atom. The van der Waals surface area contributed by atoms with Crippen LogP contribution in [0.1, 0.15) is 11.4 Å². The highest BCUT2D eigenvalue weighted by Crippen LogP contribution is 2.37. The number of benzene rings is 3. The van der Waals surface area contributed by atoms with E-state index in [0.717, 1.165) is 6.07 Å². The van der Waals surface area contributed by atoms with E-state index >= 15 is 0 Å². The molecule has 9 heteroatoms. The molecular weight excluding hydrogens is 452 g/mol. The average Bonchev–Trinajstić information content (AvgIpc) is 3.02. The number of rotatable bonds is 4. The van der Waals surface area contributed by atoms with Crippen molar-refractivity contribution < 1.29 is 22.3 Å².